The molecule has 0 bridgehead atoms. The first-order chi connectivity index (χ1) is 18.3. The summed E-state index contributed by atoms with van der Waals surface area (Å²) in [7, 11) is 0. The van der Waals surface area contributed by atoms with E-state index in [1.54, 1.807) is 0 Å². The number of para-hydroxylation sites is 2. The Morgan fingerprint density at radius 2 is 1.03 bits per heavy atom. The molecule has 7 aromatic rings. The molecule has 176 valence electrons. The first-order valence-electron chi connectivity index (χ1n) is 12.9. The maximum atomic E-state index is 5.00. The Hall–Kier alpha value is -4.69. The standard InChI is InChI=1S/C35H26N2/c1-2-33-36-31-18-10-11-19-32(31)37(33)35-29-16-8-6-14-27(29)34(28-15-7-9-17-30(28)35)26-22-20-25(21-23-26)24-12-4-3-5-13-24/h3-23H,2H2,1H3. The van der Waals surface area contributed by atoms with Crippen molar-refractivity contribution in [3.8, 4) is 27.9 Å². The molecule has 7 rings (SSSR count). The van der Waals surface area contributed by atoms with Crippen molar-refractivity contribution in [3.63, 3.8) is 0 Å². The largest absolute Gasteiger partial charge is 0.295 e. The van der Waals surface area contributed by atoms with Gasteiger partial charge < -0.3 is 0 Å². The molecule has 0 aliphatic rings. The number of aryl methyl sites for hydroxylation is 1. The van der Waals surface area contributed by atoms with Crippen LogP contribution in [0, 0.1) is 0 Å². The van der Waals surface area contributed by atoms with Gasteiger partial charge in [0.1, 0.15) is 5.82 Å². The van der Waals surface area contributed by atoms with Crippen LogP contribution in [0.2, 0.25) is 0 Å². The first-order valence-corrected chi connectivity index (χ1v) is 12.9. The van der Waals surface area contributed by atoms with Crippen molar-refractivity contribution < 1.29 is 0 Å². The molecule has 1 heterocycles. The number of rotatable bonds is 4. The molecule has 0 fully saturated rings. The lowest BCUT2D eigenvalue weighted by Gasteiger charge is -2.19. The van der Waals surface area contributed by atoms with Crippen molar-refractivity contribution in [2.45, 2.75) is 13.3 Å². The van der Waals surface area contributed by atoms with Crippen LogP contribution < -0.4 is 0 Å². The molecular formula is C35H26N2. The fourth-order valence-corrected chi connectivity index (χ4v) is 5.68. The van der Waals surface area contributed by atoms with E-state index < -0.39 is 0 Å². The van der Waals surface area contributed by atoms with Gasteiger partial charge in [-0.2, -0.15) is 0 Å². The Kier molecular flexibility index (Phi) is 5.11. The van der Waals surface area contributed by atoms with Gasteiger partial charge in [-0.25, -0.2) is 4.98 Å². The van der Waals surface area contributed by atoms with Gasteiger partial charge in [-0.1, -0.05) is 122 Å². The SMILES string of the molecule is CCc1nc2ccccc2n1-c1c2ccccc2c(-c2ccc(-c3ccccc3)cc2)c2ccccc12. The van der Waals surface area contributed by atoms with Crippen LogP contribution in [0.3, 0.4) is 0 Å². The molecule has 0 aliphatic heterocycles. The quantitative estimate of drug-likeness (QED) is 0.232. The zero-order valence-corrected chi connectivity index (χ0v) is 20.7. The molecule has 0 atom stereocenters. The molecule has 0 saturated heterocycles. The Labute approximate surface area is 216 Å². The second-order valence-electron chi connectivity index (χ2n) is 9.46. The summed E-state index contributed by atoms with van der Waals surface area (Å²) in [5, 5.41) is 4.98. The lowest BCUT2D eigenvalue weighted by Crippen LogP contribution is -2.03. The number of aromatic nitrogens is 2. The molecule has 0 N–H and O–H groups in total. The van der Waals surface area contributed by atoms with Gasteiger partial charge in [0.15, 0.2) is 0 Å². The monoisotopic (exact) mass is 474 g/mol. The van der Waals surface area contributed by atoms with E-state index >= 15 is 0 Å². The maximum Gasteiger partial charge on any atom is 0.114 e. The van der Waals surface area contributed by atoms with Crippen LogP contribution in [0.25, 0.3) is 60.5 Å². The van der Waals surface area contributed by atoms with Gasteiger partial charge in [-0.3, -0.25) is 4.57 Å². The molecule has 0 spiro atoms. The van der Waals surface area contributed by atoms with E-state index in [1.165, 1.54) is 49.5 Å². The third-order valence-corrected chi connectivity index (χ3v) is 7.35. The number of hydrogen-bond donors (Lipinski definition) is 0. The molecule has 0 saturated carbocycles. The van der Waals surface area contributed by atoms with Crippen molar-refractivity contribution in [2.24, 2.45) is 0 Å². The lowest BCUT2D eigenvalue weighted by molar-refractivity contribution is 0.917. The van der Waals surface area contributed by atoms with Crippen LogP contribution in [0.15, 0.2) is 127 Å². The van der Waals surface area contributed by atoms with Crippen LogP contribution in [0.5, 0.6) is 0 Å². The van der Waals surface area contributed by atoms with E-state index in [1.807, 2.05) is 0 Å². The van der Waals surface area contributed by atoms with Crippen LogP contribution in [-0.2, 0) is 6.42 Å². The second-order valence-corrected chi connectivity index (χ2v) is 9.46. The van der Waals surface area contributed by atoms with E-state index in [0.717, 1.165) is 23.3 Å². The van der Waals surface area contributed by atoms with Gasteiger partial charge in [0.05, 0.1) is 16.7 Å². The first kappa shape index (κ1) is 21.6. The van der Waals surface area contributed by atoms with E-state index in [9.17, 15) is 0 Å². The summed E-state index contributed by atoms with van der Waals surface area (Å²) in [5.74, 6) is 1.08. The van der Waals surface area contributed by atoms with Crippen molar-refractivity contribution in [1.82, 2.24) is 9.55 Å². The predicted molar refractivity (Wildman–Crippen MR) is 156 cm³/mol. The van der Waals surface area contributed by atoms with Gasteiger partial charge in [-0.15, -0.1) is 0 Å². The van der Waals surface area contributed by atoms with Gasteiger partial charge in [0.2, 0.25) is 0 Å². The van der Waals surface area contributed by atoms with E-state index in [2.05, 4.69) is 139 Å². The van der Waals surface area contributed by atoms with E-state index in [4.69, 9.17) is 4.98 Å². The summed E-state index contributed by atoms with van der Waals surface area (Å²) in [6, 6.07) is 45.7. The number of fused-ring (bicyclic) bond motifs is 3. The third-order valence-electron chi connectivity index (χ3n) is 7.35. The molecule has 0 radical (unpaired) electrons. The molecule has 0 amide bonds. The Bertz CT molecular complexity index is 1840. The number of benzene rings is 6. The highest BCUT2D eigenvalue weighted by atomic mass is 15.1. The van der Waals surface area contributed by atoms with E-state index in [-0.39, 0.29) is 0 Å². The van der Waals surface area contributed by atoms with Crippen LogP contribution in [0.1, 0.15) is 12.7 Å². The summed E-state index contributed by atoms with van der Waals surface area (Å²) >= 11 is 0. The van der Waals surface area contributed by atoms with Crippen molar-refractivity contribution in [3.05, 3.63) is 133 Å². The van der Waals surface area contributed by atoms with Gasteiger partial charge in [-0.05, 0) is 45.2 Å². The molecule has 37 heavy (non-hydrogen) atoms. The third kappa shape index (κ3) is 3.45. The normalized spacial score (nSPS) is 11.5. The van der Waals surface area contributed by atoms with Gasteiger partial charge in [0, 0.05) is 17.2 Å². The average Bonchev–Trinajstić information content (AvgIpc) is 3.35. The summed E-state index contributed by atoms with van der Waals surface area (Å²) in [6.07, 6.45) is 0.861. The Morgan fingerprint density at radius 3 is 1.68 bits per heavy atom. The molecule has 0 aliphatic carbocycles. The molecule has 1 aromatic heterocycles. The fraction of sp³-hybridized carbons (Fsp3) is 0.0571. The predicted octanol–water partition coefficient (Wildman–Crippen LogP) is 9.23. The minimum Gasteiger partial charge on any atom is -0.295 e. The molecule has 0 unspecified atom stereocenters. The summed E-state index contributed by atoms with van der Waals surface area (Å²) in [5.41, 5.74) is 8.36. The fourth-order valence-electron chi connectivity index (χ4n) is 5.68. The number of nitrogens with zero attached hydrogens (tertiary/aromatic N) is 2. The van der Waals surface area contributed by atoms with Crippen molar-refractivity contribution in [1.29, 1.82) is 0 Å². The average molecular weight is 475 g/mol. The number of imidazole rings is 1. The molecular weight excluding hydrogens is 448 g/mol. The number of hydrogen-bond acceptors (Lipinski definition) is 1. The highest BCUT2D eigenvalue weighted by molar-refractivity contribution is 6.18. The Morgan fingerprint density at radius 1 is 0.514 bits per heavy atom. The summed E-state index contributed by atoms with van der Waals surface area (Å²) < 4.78 is 2.38. The maximum absolute atomic E-state index is 5.00. The van der Waals surface area contributed by atoms with Crippen molar-refractivity contribution >= 4 is 32.6 Å². The summed E-state index contributed by atoms with van der Waals surface area (Å²) in [6.45, 7) is 2.19. The highest BCUT2D eigenvalue weighted by Crippen LogP contribution is 2.42. The van der Waals surface area contributed by atoms with Crippen molar-refractivity contribution in [2.75, 3.05) is 0 Å². The van der Waals surface area contributed by atoms with E-state index in [0.29, 0.717) is 0 Å². The zero-order valence-electron chi connectivity index (χ0n) is 20.7. The zero-order chi connectivity index (χ0) is 24.8. The summed E-state index contributed by atoms with van der Waals surface area (Å²) in [4.78, 5) is 5.00. The molecule has 6 aromatic carbocycles. The minimum atomic E-state index is 0.861. The topological polar surface area (TPSA) is 17.8 Å². The smallest absolute Gasteiger partial charge is 0.114 e. The van der Waals surface area contributed by atoms with Crippen LogP contribution >= 0.6 is 0 Å². The minimum absolute atomic E-state index is 0.861. The van der Waals surface area contributed by atoms with Gasteiger partial charge >= 0.3 is 0 Å². The lowest BCUT2D eigenvalue weighted by atomic mass is 9.89. The Balaban J connectivity index is 1.55. The highest BCUT2D eigenvalue weighted by Gasteiger charge is 2.20. The molecule has 2 heteroatoms. The molecule has 2 nitrogen and oxygen atoms in total. The van der Waals surface area contributed by atoms with Crippen LogP contribution in [-0.4, -0.2) is 9.55 Å². The van der Waals surface area contributed by atoms with Gasteiger partial charge in [0.25, 0.3) is 0 Å². The van der Waals surface area contributed by atoms with Crippen LogP contribution in [0.4, 0.5) is 0 Å². The second kappa shape index (κ2) is 8.76.